The van der Waals surface area contributed by atoms with Crippen LogP contribution in [0.5, 0.6) is 0 Å². The molecule has 5 nitrogen and oxygen atoms in total. The maximum absolute atomic E-state index is 10.5. The second-order valence-electron chi connectivity index (χ2n) is 2.22. The van der Waals surface area contributed by atoms with Gasteiger partial charge in [0, 0.05) is 0 Å². The van der Waals surface area contributed by atoms with Gasteiger partial charge in [-0.2, -0.15) is 8.42 Å². The van der Waals surface area contributed by atoms with Crippen molar-refractivity contribution in [2.45, 2.75) is 12.2 Å². The van der Waals surface area contributed by atoms with Crippen LogP contribution in [0.2, 0.25) is 0 Å². The van der Waals surface area contributed by atoms with E-state index in [2.05, 4.69) is 8.37 Å². The molecule has 0 aromatic rings. The fourth-order valence-corrected chi connectivity index (χ4v) is 2.03. The molecule has 2 heterocycles. The molecule has 6 heteroatoms. The van der Waals surface area contributed by atoms with Gasteiger partial charge in [-0.3, -0.25) is 0 Å². The van der Waals surface area contributed by atoms with Gasteiger partial charge >= 0.3 is 10.4 Å². The fraction of sp³-hybridized carbons (Fsp3) is 1.00. The van der Waals surface area contributed by atoms with Gasteiger partial charge in [0.15, 0.2) is 0 Å². The summed E-state index contributed by atoms with van der Waals surface area (Å²) in [5, 5.41) is 0. The van der Waals surface area contributed by atoms with E-state index >= 15 is 0 Å². The molecule has 2 rings (SSSR count). The minimum atomic E-state index is -3.69. The number of fused-ring (bicyclic) bond motifs is 1. The van der Waals surface area contributed by atoms with Gasteiger partial charge in [0.25, 0.3) is 0 Å². The molecule has 2 aliphatic rings. The first-order chi connectivity index (χ1) is 4.67. The second-order valence-corrected chi connectivity index (χ2v) is 3.42. The molecule has 2 saturated heterocycles. The Hall–Kier alpha value is -0.170. The summed E-state index contributed by atoms with van der Waals surface area (Å²) in [6.45, 7) is 0.619. The predicted octanol–water partition coefficient (Wildman–Crippen LogP) is -0.955. The molecule has 0 bridgehead atoms. The standard InChI is InChI=1S/C4H6O5S/c5-10(6)8-3-1-7-2-4(3)9-10/h3-4H,1-2H2/t3-,4-/m1/s1. The molecule has 0 N–H and O–H groups in total. The molecule has 0 radical (unpaired) electrons. The highest BCUT2D eigenvalue weighted by Gasteiger charge is 2.44. The molecule has 2 aliphatic heterocycles. The van der Waals surface area contributed by atoms with Crippen molar-refractivity contribution in [2.75, 3.05) is 13.2 Å². The Morgan fingerprint density at radius 3 is 2.10 bits per heavy atom. The first kappa shape index (κ1) is 6.53. The van der Waals surface area contributed by atoms with Gasteiger partial charge in [0.05, 0.1) is 13.2 Å². The van der Waals surface area contributed by atoms with Crippen LogP contribution in [0.25, 0.3) is 0 Å². The summed E-state index contributed by atoms with van der Waals surface area (Å²) in [5.41, 5.74) is 0. The SMILES string of the molecule is O=S1(=O)O[C@@H]2COC[C@H]2O1. The van der Waals surface area contributed by atoms with Gasteiger partial charge in [0.2, 0.25) is 0 Å². The summed E-state index contributed by atoms with van der Waals surface area (Å²) >= 11 is 0. The third-order valence-electron chi connectivity index (χ3n) is 1.46. The van der Waals surface area contributed by atoms with E-state index in [1.165, 1.54) is 0 Å². The highest BCUT2D eigenvalue weighted by molar-refractivity contribution is 7.82. The van der Waals surface area contributed by atoms with Crippen LogP contribution in [0.15, 0.2) is 0 Å². The highest BCUT2D eigenvalue weighted by Crippen LogP contribution is 2.25. The van der Waals surface area contributed by atoms with Gasteiger partial charge in [-0.15, -0.1) is 0 Å². The Morgan fingerprint density at radius 2 is 1.60 bits per heavy atom. The van der Waals surface area contributed by atoms with E-state index in [0.717, 1.165) is 0 Å². The quantitative estimate of drug-likeness (QED) is 0.464. The van der Waals surface area contributed by atoms with Crippen molar-refractivity contribution < 1.29 is 21.5 Å². The Bertz CT molecular complexity index is 214. The zero-order chi connectivity index (χ0) is 7.19. The molecule has 2 fully saturated rings. The first-order valence-corrected chi connectivity index (χ1v) is 4.20. The van der Waals surface area contributed by atoms with E-state index in [1.54, 1.807) is 0 Å². The maximum Gasteiger partial charge on any atom is 0.400 e. The summed E-state index contributed by atoms with van der Waals surface area (Å²) in [6, 6.07) is 0. The van der Waals surface area contributed by atoms with E-state index in [0.29, 0.717) is 13.2 Å². The first-order valence-electron chi connectivity index (χ1n) is 2.87. The highest BCUT2D eigenvalue weighted by atomic mass is 32.3. The van der Waals surface area contributed by atoms with Crippen molar-refractivity contribution >= 4 is 10.4 Å². The van der Waals surface area contributed by atoms with Crippen molar-refractivity contribution in [1.29, 1.82) is 0 Å². The summed E-state index contributed by atoms with van der Waals surface area (Å²) < 4.78 is 35.0. The lowest BCUT2D eigenvalue weighted by Crippen LogP contribution is -2.18. The average Bonchev–Trinajstić information content (AvgIpc) is 2.20. The van der Waals surface area contributed by atoms with E-state index in [-0.39, 0.29) is 0 Å². The zero-order valence-electron chi connectivity index (χ0n) is 5.02. The number of hydrogen-bond acceptors (Lipinski definition) is 5. The monoisotopic (exact) mass is 166 g/mol. The molecule has 0 saturated carbocycles. The lowest BCUT2D eigenvalue weighted by molar-refractivity contribution is 0.134. The Balaban J connectivity index is 2.21. The molecule has 58 valence electrons. The van der Waals surface area contributed by atoms with Gasteiger partial charge in [-0.25, -0.2) is 8.37 Å². The summed E-state index contributed by atoms with van der Waals surface area (Å²) in [7, 11) is -3.69. The lowest BCUT2D eigenvalue weighted by atomic mass is 10.3. The summed E-state index contributed by atoms with van der Waals surface area (Å²) in [6.07, 6.45) is -0.824. The van der Waals surface area contributed by atoms with Crippen LogP contribution < -0.4 is 0 Å². The average molecular weight is 166 g/mol. The molecule has 0 amide bonds. The van der Waals surface area contributed by atoms with Crippen LogP contribution in [-0.2, 0) is 23.5 Å². The van der Waals surface area contributed by atoms with E-state index in [4.69, 9.17) is 4.74 Å². The van der Waals surface area contributed by atoms with Crippen LogP contribution in [0, 0.1) is 0 Å². The topological polar surface area (TPSA) is 61.8 Å². The molecule has 0 aromatic carbocycles. The van der Waals surface area contributed by atoms with E-state index in [1.807, 2.05) is 0 Å². The predicted molar refractivity (Wildman–Crippen MR) is 29.5 cm³/mol. The van der Waals surface area contributed by atoms with Crippen LogP contribution in [0.4, 0.5) is 0 Å². The van der Waals surface area contributed by atoms with Crippen LogP contribution in [0.1, 0.15) is 0 Å². The third kappa shape index (κ3) is 0.929. The van der Waals surface area contributed by atoms with Gasteiger partial charge < -0.3 is 4.74 Å². The molecule has 0 aliphatic carbocycles. The summed E-state index contributed by atoms with van der Waals surface area (Å²) in [5.74, 6) is 0. The van der Waals surface area contributed by atoms with Crippen molar-refractivity contribution in [3.63, 3.8) is 0 Å². The third-order valence-corrected chi connectivity index (χ3v) is 2.43. The Morgan fingerprint density at radius 1 is 1.10 bits per heavy atom. The fourth-order valence-electron chi connectivity index (χ4n) is 1.02. The van der Waals surface area contributed by atoms with Crippen LogP contribution >= 0.6 is 0 Å². The molecule has 0 aromatic heterocycles. The van der Waals surface area contributed by atoms with Gasteiger partial charge in [-0.1, -0.05) is 0 Å². The van der Waals surface area contributed by atoms with Crippen LogP contribution in [-0.4, -0.2) is 33.8 Å². The molecular weight excluding hydrogens is 160 g/mol. The minimum absolute atomic E-state index is 0.309. The van der Waals surface area contributed by atoms with Gasteiger partial charge in [-0.05, 0) is 0 Å². The van der Waals surface area contributed by atoms with Crippen molar-refractivity contribution in [2.24, 2.45) is 0 Å². The molecule has 0 unspecified atom stereocenters. The van der Waals surface area contributed by atoms with Crippen LogP contribution in [0.3, 0.4) is 0 Å². The molecular formula is C4H6O5S. The maximum atomic E-state index is 10.5. The molecule has 2 atom stereocenters. The number of rotatable bonds is 0. The van der Waals surface area contributed by atoms with E-state index < -0.39 is 22.6 Å². The number of hydrogen-bond donors (Lipinski definition) is 0. The Kier molecular flexibility index (Phi) is 1.25. The second kappa shape index (κ2) is 1.91. The number of ether oxygens (including phenoxy) is 1. The normalized spacial score (nSPS) is 43.6. The largest absolute Gasteiger partial charge is 0.400 e. The molecule has 0 spiro atoms. The Labute approximate surface area is 58.2 Å². The van der Waals surface area contributed by atoms with Crippen molar-refractivity contribution in [3.8, 4) is 0 Å². The van der Waals surface area contributed by atoms with Crippen molar-refractivity contribution in [3.05, 3.63) is 0 Å². The minimum Gasteiger partial charge on any atom is -0.376 e. The van der Waals surface area contributed by atoms with Crippen molar-refractivity contribution in [1.82, 2.24) is 0 Å². The lowest BCUT2D eigenvalue weighted by Gasteiger charge is -1.95. The molecule has 10 heavy (non-hydrogen) atoms. The smallest absolute Gasteiger partial charge is 0.376 e. The summed E-state index contributed by atoms with van der Waals surface area (Å²) in [4.78, 5) is 0. The van der Waals surface area contributed by atoms with E-state index in [9.17, 15) is 8.42 Å². The van der Waals surface area contributed by atoms with Gasteiger partial charge in [0.1, 0.15) is 12.2 Å². The zero-order valence-corrected chi connectivity index (χ0v) is 5.83.